The van der Waals surface area contributed by atoms with Crippen LogP contribution in [0.3, 0.4) is 0 Å². The van der Waals surface area contributed by atoms with Crippen molar-refractivity contribution in [3.63, 3.8) is 0 Å². The molecule has 0 amide bonds. The quantitative estimate of drug-likeness (QED) is 0.909. The van der Waals surface area contributed by atoms with Crippen LogP contribution in [0.4, 0.5) is 5.69 Å². The van der Waals surface area contributed by atoms with E-state index < -0.39 is 0 Å². The number of imidazole rings is 1. The molecule has 2 unspecified atom stereocenters. The molecule has 2 aromatic rings. The molecule has 0 saturated heterocycles. The van der Waals surface area contributed by atoms with Gasteiger partial charge in [0.05, 0.1) is 22.7 Å². The summed E-state index contributed by atoms with van der Waals surface area (Å²) in [7, 11) is 0. The standard InChI is InChI=1S/C16H21ClN4/c17-13-5-3-7-15(16(13)21-9-8-19-11-21)20-14-6-2-1-4-12(14)10-18/h3,5,7-9,11-12,14,20H,1-2,4,6,10,18H2. The second-order valence-electron chi connectivity index (χ2n) is 5.64. The Hall–Kier alpha value is -1.52. The van der Waals surface area contributed by atoms with E-state index in [1.54, 1.807) is 12.5 Å². The summed E-state index contributed by atoms with van der Waals surface area (Å²) >= 11 is 6.40. The highest BCUT2D eigenvalue weighted by atomic mass is 35.5. The Kier molecular flexibility index (Phi) is 4.46. The molecule has 5 heteroatoms. The van der Waals surface area contributed by atoms with E-state index in [4.69, 9.17) is 17.3 Å². The normalized spacial score (nSPS) is 22.2. The molecule has 112 valence electrons. The predicted octanol–water partition coefficient (Wildman–Crippen LogP) is 3.46. The van der Waals surface area contributed by atoms with E-state index >= 15 is 0 Å². The van der Waals surface area contributed by atoms with Gasteiger partial charge in [-0.3, -0.25) is 0 Å². The van der Waals surface area contributed by atoms with Gasteiger partial charge in [-0.05, 0) is 37.4 Å². The lowest BCUT2D eigenvalue weighted by Crippen LogP contribution is -2.37. The fourth-order valence-electron chi connectivity index (χ4n) is 3.17. The Balaban J connectivity index is 1.90. The maximum absolute atomic E-state index is 6.40. The summed E-state index contributed by atoms with van der Waals surface area (Å²) in [6.45, 7) is 0.735. The van der Waals surface area contributed by atoms with Crippen LogP contribution in [0.1, 0.15) is 25.7 Å². The third kappa shape index (κ3) is 3.06. The number of nitrogens with zero attached hydrogens (tertiary/aromatic N) is 2. The van der Waals surface area contributed by atoms with E-state index in [9.17, 15) is 0 Å². The number of anilines is 1. The molecule has 1 heterocycles. The van der Waals surface area contributed by atoms with Crippen LogP contribution in [-0.4, -0.2) is 22.1 Å². The molecule has 3 N–H and O–H groups in total. The Labute approximate surface area is 130 Å². The highest BCUT2D eigenvalue weighted by Gasteiger charge is 2.24. The fraction of sp³-hybridized carbons (Fsp3) is 0.438. The molecular formula is C16H21ClN4. The molecule has 0 bridgehead atoms. The van der Waals surface area contributed by atoms with E-state index in [0.717, 1.165) is 29.4 Å². The molecule has 1 aliphatic carbocycles. The highest BCUT2D eigenvalue weighted by Crippen LogP contribution is 2.32. The summed E-state index contributed by atoms with van der Waals surface area (Å²) in [6.07, 6.45) is 10.4. The van der Waals surface area contributed by atoms with Gasteiger partial charge in [-0.15, -0.1) is 0 Å². The number of benzene rings is 1. The molecule has 1 aromatic heterocycles. The van der Waals surface area contributed by atoms with Crippen LogP contribution in [-0.2, 0) is 0 Å². The molecule has 0 radical (unpaired) electrons. The van der Waals surface area contributed by atoms with Crippen molar-refractivity contribution in [1.29, 1.82) is 0 Å². The number of rotatable bonds is 4. The van der Waals surface area contributed by atoms with Gasteiger partial charge < -0.3 is 15.6 Å². The van der Waals surface area contributed by atoms with Gasteiger partial charge in [0.2, 0.25) is 0 Å². The first-order valence-corrected chi connectivity index (χ1v) is 7.91. The minimum atomic E-state index is 0.421. The van der Waals surface area contributed by atoms with Gasteiger partial charge in [0.1, 0.15) is 0 Å². The van der Waals surface area contributed by atoms with Crippen molar-refractivity contribution < 1.29 is 0 Å². The van der Waals surface area contributed by atoms with Gasteiger partial charge in [-0.1, -0.05) is 30.5 Å². The maximum atomic E-state index is 6.40. The summed E-state index contributed by atoms with van der Waals surface area (Å²) in [5.74, 6) is 0.536. The summed E-state index contributed by atoms with van der Waals surface area (Å²) in [5, 5.41) is 4.39. The van der Waals surface area contributed by atoms with Crippen molar-refractivity contribution in [2.45, 2.75) is 31.7 Å². The third-order valence-corrected chi connectivity index (χ3v) is 4.61. The smallest absolute Gasteiger partial charge is 0.0992 e. The fourth-order valence-corrected chi connectivity index (χ4v) is 3.44. The van der Waals surface area contributed by atoms with Crippen LogP contribution < -0.4 is 11.1 Å². The van der Waals surface area contributed by atoms with Crippen LogP contribution in [0.2, 0.25) is 5.02 Å². The van der Waals surface area contributed by atoms with Crippen LogP contribution >= 0.6 is 11.6 Å². The first-order valence-electron chi connectivity index (χ1n) is 7.53. The van der Waals surface area contributed by atoms with Gasteiger partial charge in [0.25, 0.3) is 0 Å². The summed E-state index contributed by atoms with van der Waals surface area (Å²) in [4.78, 5) is 4.12. The molecular weight excluding hydrogens is 284 g/mol. The molecule has 2 atom stereocenters. The number of nitrogens with two attached hydrogens (primary N) is 1. The molecule has 1 aromatic carbocycles. The topological polar surface area (TPSA) is 55.9 Å². The second kappa shape index (κ2) is 6.50. The molecule has 4 nitrogen and oxygen atoms in total. The molecule has 21 heavy (non-hydrogen) atoms. The maximum Gasteiger partial charge on any atom is 0.0992 e. The van der Waals surface area contributed by atoms with E-state index in [-0.39, 0.29) is 0 Å². The van der Waals surface area contributed by atoms with Crippen molar-refractivity contribution >= 4 is 17.3 Å². The van der Waals surface area contributed by atoms with E-state index in [2.05, 4.69) is 16.4 Å². The Morgan fingerprint density at radius 2 is 2.19 bits per heavy atom. The Morgan fingerprint density at radius 1 is 1.33 bits per heavy atom. The van der Waals surface area contributed by atoms with Crippen LogP contribution in [0.25, 0.3) is 5.69 Å². The lowest BCUT2D eigenvalue weighted by Gasteiger charge is -2.32. The largest absolute Gasteiger partial charge is 0.380 e. The van der Waals surface area contributed by atoms with Gasteiger partial charge in [0.15, 0.2) is 0 Å². The number of nitrogens with one attached hydrogen (secondary N) is 1. The first-order chi connectivity index (χ1) is 10.3. The molecule has 0 aliphatic heterocycles. The van der Waals surface area contributed by atoms with Crippen molar-refractivity contribution in [2.24, 2.45) is 11.7 Å². The first kappa shape index (κ1) is 14.4. The SMILES string of the molecule is NCC1CCCCC1Nc1cccc(Cl)c1-n1ccnc1. The Morgan fingerprint density at radius 3 is 2.95 bits per heavy atom. The van der Waals surface area contributed by atoms with Gasteiger partial charge in [-0.2, -0.15) is 0 Å². The zero-order valence-corrected chi connectivity index (χ0v) is 12.8. The number of para-hydroxylation sites is 1. The monoisotopic (exact) mass is 304 g/mol. The van der Waals surface area contributed by atoms with Gasteiger partial charge in [-0.25, -0.2) is 4.98 Å². The third-order valence-electron chi connectivity index (χ3n) is 4.30. The van der Waals surface area contributed by atoms with Crippen molar-refractivity contribution in [3.05, 3.63) is 41.9 Å². The van der Waals surface area contributed by atoms with Gasteiger partial charge in [0, 0.05) is 18.4 Å². The minimum Gasteiger partial charge on any atom is -0.380 e. The van der Waals surface area contributed by atoms with Crippen molar-refractivity contribution in [2.75, 3.05) is 11.9 Å². The number of hydrogen-bond donors (Lipinski definition) is 2. The van der Waals surface area contributed by atoms with E-state index in [0.29, 0.717) is 12.0 Å². The van der Waals surface area contributed by atoms with Crippen LogP contribution in [0.5, 0.6) is 0 Å². The predicted molar refractivity (Wildman–Crippen MR) is 87.0 cm³/mol. The summed E-state index contributed by atoms with van der Waals surface area (Å²) < 4.78 is 1.95. The zero-order chi connectivity index (χ0) is 14.7. The minimum absolute atomic E-state index is 0.421. The summed E-state index contributed by atoms with van der Waals surface area (Å²) in [6, 6.07) is 6.38. The van der Waals surface area contributed by atoms with E-state index in [1.807, 2.05) is 22.9 Å². The lowest BCUT2D eigenvalue weighted by atomic mass is 9.84. The highest BCUT2D eigenvalue weighted by molar-refractivity contribution is 6.33. The van der Waals surface area contributed by atoms with Crippen molar-refractivity contribution in [1.82, 2.24) is 9.55 Å². The van der Waals surface area contributed by atoms with Crippen LogP contribution in [0, 0.1) is 5.92 Å². The van der Waals surface area contributed by atoms with Crippen molar-refractivity contribution in [3.8, 4) is 5.69 Å². The number of hydrogen-bond acceptors (Lipinski definition) is 3. The number of halogens is 1. The average molecular weight is 305 g/mol. The molecule has 1 aliphatic rings. The van der Waals surface area contributed by atoms with E-state index in [1.165, 1.54) is 19.3 Å². The van der Waals surface area contributed by atoms with Crippen LogP contribution in [0.15, 0.2) is 36.9 Å². The molecule has 0 spiro atoms. The summed E-state index contributed by atoms with van der Waals surface area (Å²) in [5.41, 5.74) is 7.93. The second-order valence-corrected chi connectivity index (χ2v) is 6.04. The van der Waals surface area contributed by atoms with Gasteiger partial charge >= 0.3 is 0 Å². The number of aromatic nitrogens is 2. The lowest BCUT2D eigenvalue weighted by molar-refractivity contribution is 0.332. The molecule has 1 fully saturated rings. The molecule has 1 saturated carbocycles. The Bertz CT molecular complexity index is 582. The zero-order valence-electron chi connectivity index (χ0n) is 12.0. The average Bonchev–Trinajstić information content (AvgIpc) is 3.02. The molecule has 3 rings (SSSR count).